The van der Waals surface area contributed by atoms with E-state index in [0.29, 0.717) is 19.7 Å². The minimum Gasteiger partial charge on any atom is -0.493 e. The first-order valence-electron chi connectivity index (χ1n) is 10.4. The first-order chi connectivity index (χ1) is 14.3. The van der Waals surface area contributed by atoms with Crippen LogP contribution in [0, 0.1) is 0 Å². The van der Waals surface area contributed by atoms with E-state index >= 15 is 0 Å². The highest BCUT2D eigenvalue weighted by molar-refractivity contribution is 5.94. The Morgan fingerprint density at radius 1 is 1.03 bits per heavy atom. The maximum Gasteiger partial charge on any atom is 0.254 e. The number of carbonyl (C=O) groups excluding carboxylic acids is 1. The van der Waals surface area contributed by atoms with Gasteiger partial charge in [0, 0.05) is 37.2 Å². The predicted octanol–water partition coefficient (Wildman–Crippen LogP) is 3.09. The highest BCUT2D eigenvalue weighted by Gasteiger charge is 2.24. The number of carbonyl (C=O) groups is 1. The zero-order chi connectivity index (χ0) is 19.6. The number of benzene rings is 2. The number of nitrogens with zero attached hydrogens (tertiary/aromatic N) is 2. The summed E-state index contributed by atoms with van der Waals surface area (Å²) >= 11 is 0. The fourth-order valence-corrected chi connectivity index (χ4v) is 4.34. The first kappa shape index (κ1) is 18.3. The van der Waals surface area contributed by atoms with E-state index in [1.807, 2.05) is 41.3 Å². The molecule has 0 unspecified atom stereocenters. The van der Waals surface area contributed by atoms with Gasteiger partial charge in [0.2, 0.25) is 6.79 Å². The average molecular weight is 394 g/mol. The molecule has 2 aromatic carbocycles. The SMILES string of the molecule is O=C(c1ccc2c(c1)CCO2)N(CCN1CCCC1)Cc1cccc2c1OCO2. The van der Waals surface area contributed by atoms with Crippen molar-refractivity contribution in [1.29, 1.82) is 0 Å². The number of para-hydroxylation sites is 1. The Balaban J connectivity index is 1.38. The van der Waals surface area contributed by atoms with Crippen molar-refractivity contribution in [2.45, 2.75) is 25.8 Å². The summed E-state index contributed by atoms with van der Waals surface area (Å²) in [7, 11) is 0. The van der Waals surface area contributed by atoms with Crippen molar-refractivity contribution in [3.8, 4) is 17.2 Å². The lowest BCUT2D eigenvalue weighted by Gasteiger charge is -2.26. The van der Waals surface area contributed by atoms with E-state index in [1.54, 1.807) is 0 Å². The second-order valence-electron chi connectivity index (χ2n) is 7.85. The molecule has 1 amide bonds. The van der Waals surface area contributed by atoms with Crippen molar-refractivity contribution in [1.82, 2.24) is 9.80 Å². The number of hydrogen-bond donors (Lipinski definition) is 0. The first-order valence-corrected chi connectivity index (χ1v) is 10.4. The van der Waals surface area contributed by atoms with E-state index in [-0.39, 0.29) is 12.7 Å². The molecule has 152 valence electrons. The van der Waals surface area contributed by atoms with Crippen LogP contribution in [-0.2, 0) is 13.0 Å². The Morgan fingerprint density at radius 3 is 2.83 bits per heavy atom. The third kappa shape index (κ3) is 3.77. The molecule has 6 heteroatoms. The Kier molecular flexibility index (Phi) is 5.02. The van der Waals surface area contributed by atoms with Crippen LogP contribution in [0.15, 0.2) is 36.4 Å². The second kappa shape index (κ2) is 7.95. The molecule has 1 fully saturated rings. The number of hydrogen-bond acceptors (Lipinski definition) is 5. The molecule has 0 radical (unpaired) electrons. The molecule has 0 spiro atoms. The number of rotatable bonds is 6. The number of ether oxygens (including phenoxy) is 3. The molecule has 0 aromatic heterocycles. The molecule has 0 saturated carbocycles. The van der Waals surface area contributed by atoms with Crippen LogP contribution in [0.3, 0.4) is 0 Å². The molecule has 29 heavy (non-hydrogen) atoms. The van der Waals surface area contributed by atoms with Crippen molar-refractivity contribution < 1.29 is 19.0 Å². The molecular weight excluding hydrogens is 368 g/mol. The zero-order valence-electron chi connectivity index (χ0n) is 16.6. The molecule has 5 rings (SSSR count). The number of amides is 1. The second-order valence-corrected chi connectivity index (χ2v) is 7.85. The molecule has 3 aliphatic rings. The molecule has 3 heterocycles. The van der Waals surface area contributed by atoms with Crippen LogP contribution in [0.25, 0.3) is 0 Å². The van der Waals surface area contributed by atoms with E-state index in [1.165, 1.54) is 12.8 Å². The monoisotopic (exact) mass is 394 g/mol. The molecule has 0 bridgehead atoms. The minimum atomic E-state index is 0.0513. The van der Waals surface area contributed by atoms with Gasteiger partial charge in [-0.1, -0.05) is 12.1 Å². The van der Waals surface area contributed by atoms with Gasteiger partial charge in [-0.15, -0.1) is 0 Å². The summed E-state index contributed by atoms with van der Waals surface area (Å²) < 4.78 is 16.8. The molecule has 1 saturated heterocycles. The lowest BCUT2D eigenvalue weighted by molar-refractivity contribution is 0.0725. The van der Waals surface area contributed by atoms with Crippen LogP contribution in [0.1, 0.15) is 34.3 Å². The molecule has 0 atom stereocenters. The standard InChI is InChI=1S/C23H26N2O4/c26-23(18-6-7-20-17(14-18)8-13-27-20)25(12-11-24-9-1-2-10-24)15-19-4-3-5-21-22(19)29-16-28-21/h3-7,14H,1-2,8-13,15-16H2. The van der Waals surface area contributed by atoms with Crippen molar-refractivity contribution in [2.75, 3.05) is 39.6 Å². The summed E-state index contributed by atoms with van der Waals surface area (Å²) in [6.45, 7) is 5.26. The van der Waals surface area contributed by atoms with Crippen molar-refractivity contribution in [3.05, 3.63) is 53.1 Å². The third-order valence-electron chi connectivity index (χ3n) is 5.95. The molecule has 0 N–H and O–H groups in total. The van der Waals surface area contributed by atoms with Gasteiger partial charge in [-0.05, 0) is 55.8 Å². The van der Waals surface area contributed by atoms with Crippen molar-refractivity contribution in [2.24, 2.45) is 0 Å². The maximum atomic E-state index is 13.4. The Morgan fingerprint density at radius 2 is 1.93 bits per heavy atom. The van der Waals surface area contributed by atoms with Gasteiger partial charge in [0.05, 0.1) is 6.61 Å². The van der Waals surface area contributed by atoms with Gasteiger partial charge in [-0.25, -0.2) is 0 Å². The molecule has 3 aliphatic heterocycles. The lowest BCUT2D eigenvalue weighted by atomic mass is 10.1. The Hall–Kier alpha value is -2.73. The van der Waals surface area contributed by atoms with Gasteiger partial charge >= 0.3 is 0 Å². The number of fused-ring (bicyclic) bond motifs is 2. The van der Waals surface area contributed by atoms with Gasteiger partial charge < -0.3 is 24.0 Å². The van der Waals surface area contributed by atoms with E-state index in [4.69, 9.17) is 14.2 Å². The van der Waals surface area contributed by atoms with Crippen LogP contribution in [0.5, 0.6) is 17.2 Å². The van der Waals surface area contributed by atoms with Gasteiger partial charge in [-0.2, -0.15) is 0 Å². The fraction of sp³-hybridized carbons (Fsp3) is 0.435. The van der Waals surface area contributed by atoms with E-state index < -0.39 is 0 Å². The third-order valence-corrected chi connectivity index (χ3v) is 5.95. The maximum absolute atomic E-state index is 13.4. The van der Waals surface area contributed by atoms with E-state index in [0.717, 1.165) is 60.0 Å². The van der Waals surface area contributed by atoms with Crippen molar-refractivity contribution in [3.63, 3.8) is 0 Å². The quantitative estimate of drug-likeness (QED) is 0.754. The van der Waals surface area contributed by atoms with E-state index in [9.17, 15) is 4.79 Å². The Bertz CT molecular complexity index is 908. The summed E-state index contributed by atoms with van der Waals surface area (Å²) in [5.74, 6) is 2.46. The van der Waals surface area contributed by atoms with Crippen LogP contribution < -0.4 is 14.2 Å². The fourth-order valence-electron chi connectivity index (χ4n) is 4.34. The van der Waals surface area contributed by atoms with Crippen LogP contribution in [-0.4, -0.2) is 55.3 Å². The Labute approximate surface area is 171 Å². The predicted molar refractivity (Wildman–Crippen MR) is 109 cm³/mol. The number of likely N-dealkylation sites (tertiary alicyclic amines) is 1. The summed E-state index contributed by atoms with van der Waals surface area (Å²) in [5, 5.41) is 0. The minimum absolute atomic E-state index is 0.0513. The van der Waals surface area contributed by atoms with Gasteiger partial charge in [0.25, 0.3) is 5.91 Å². The van der Waals surface area contributed by atoms with Crippen LogP contribution in [0.2, 0.25) is 0 Å². The zero-order valence-corrected chi connectivity index (χ0v) is 16.6. The smallest absolute Gasteiger partial charge is 0.254 e. The molecule has 2 aromatic rings. The van der Waals surface area contributed by atoms with Crippen molar-refractivity contribution >= 4 is 5.91 Å². The highest BCUT2D eigenvalue weighted by atomic mass is 16.7. The molecule has 0 aliphatic carbocycles. The molecular formula is C23H26N2O4. The van der Waals surface area contributed by atoms with E-state index in [2.05, 4.69) is 4.90 Å². The van der Waals surface area contributed by atoms with Gasteiger partial charge in [0.1, 0.15) is 5.75 Å². The summed E-state index contributed by atoms with van der Waals surface area (Å²) in [5.41, 5.74) is 2.83. The largest absolute Gasteiger partial charge is 0.493 e. The lowest BCUT2D eigenvalue weighted by Crippen LogP contribution is -2.37. The average Bonchev–Trinajstić information content (AvgIpc) is 3.51. The summed E-state index contributed by atoms with van der Waals surface area (Å²) in [6, 6.07) is 11.7. The summed E-state index contributed by atoms with van der Waals surface area (Å²) in [4.78, 5) is 17.8. The van der Waals surface area contributed by atoms with Crippen LogP contribution in [0.4, 0.5) is 0 Å². The van der Waals surface area contributed by atoms with Gasteiger partial charge in [-0.3, -0.25) is 4.79 Å². The topological polar surface area (TPSA) is 51.2 Å². The van der Waals surface area contributed by atoms with Gasteiger partial charge in [0.15, 0.2) is 11.5 Å². The molecule has 6 nitrogen and oxygen atoms in total. The highest BCUT2D eigenvalue weighted by Crippen LogP contribution is 2.36. The summed E-state index contributed by atoms with van der Waals surface area (Å²) in [6.07, 6.45) is 3.36. The van der Waals surface area contributed by atoms with Crippen LogP contribution >= 0.6 is 0 Å². The normalized spacial score (nSPS) is 17.2.